The van der Waals surface area contributed by atoms with E-state index in [1.165, 1.54) is 6.07 Å². The number of aryl methyl sites for hydroxylation is 1. The van der Waals surface area contributed by atoms with E-state index in [2.05, 4.69) is 26.1 Å². The number of nitrogens with zero attached hydrogens (tertiary/aromatic N) is 2. The van der Waals surface area contributed by atoms with Crippen molar-refractivity contribution in [2.45, 2.75) is 39.9 Å². The van der Waals surface area contributed by atoms with Crippen LogP contribution in [0.1, 0.15) is 43.3 Å². The van der Waals surface area contributed by atoms with Gasteiger partial charge >= 0.3 is 0 Å². The van der Waals surface area contributed by atoms with Crippen LogP contribution in [0.3, 0.4) is 0 Å². The fourth-order valence-electron chi connectivity index (χ4n) is 1.91. The van der Waals surface area contributed by atoms with Crippen LogP contribution >= 0.6 is 15.9 Å². The fourth-order valence-corrected chi connectivity index (χ4v) is 2.29. The SMILES string of the molecule is Cc1ccc(/C(=N\OC(C)(C)C)c2nc(CO)ccc2O)cc1Br. The number of hydrogen-bond acceptors (Lipinski definition) is 5. The zero-order valence-corrected chi connectivity index (χ0v) is 15.8. The Bertz CT molecular complexity index is 767. The van der Waals surface area contributed by atoms with Crippen molar-refractivity contribution >= 4 is 21.6 Å². The molecule has 2 N–H and O–H groups in total. The van der Waals surface area contributed by atoms with Gasteiger partial charge in [0.2, 0.25) is 0 Å². The number of halogens is 1. The van der Waals surface area contributed by atoms with Crippen molar-refractivity contribution < 1.29 is 15.1 Å². The van der Waals surface area contributed by atoms with E-state index in [4.69, 9.17) is 4.84 Å². The second-order valence-electron chi connectivity index (χ2n) is 6.44. The summed E-state index contributed by atoms with van der Waals surface area (Å²) in [5.41, 5.74) is 2.44. The largest absolute Gasteiger partial charge is 0.506 e. The third-order valence-electron chi connectivity index (χ3n) is 3.17. The van der Waals surface area contributed by atoms with Gasteiger partial charge in [0.1, 0.15) is 22.8 Å². The lowest BCUT2D eigenvalue weighted by atomic mass is 10.0. The normalized spacial score (nSPS) is 12.3. The summed E-state index contributed by atoms with van der Waals surface area (Å²) in [6, 6.07) is 8.78. The fraction of sp³-hybridized carbons (Fsp3) is 0.333. The predicted octanol–water partition coefficient (Wildman–Crippen LogP) is 3.92. The summed E-state index contributed by atoms with van der Waals surface area (Å²) in [5, 5.41) is 23.8. The molecule has 5 nitrogen and oxygen atoms in total. The molecule has 2 rings (SSSR count). The second kappa shape index (κ2) is 7.32. The molecule has 0 aliphatic rings. The highest BCUT2D eigenvalue weighted by Crippen LogP contribution is 2.24. The molecule has 0 aliphatic heterocycles. The number of aliphatic hydroxyl groups excluding tert-OH is 1. The molecular formula is C18H21BrN2O3. The van der Waals surface area contributed by atoms with Gasteiger partial charge in [-0.3, -0.25) is 0 Å². The molecule has 0 amide bonds. The molecule has 0 saturated heterocycles. The van der Waals surface area contributed by atoms with Crippen molar-refractivity contribution in [3.63, 3.8) is 0 Å². The van der Waals surface area contributed by atoms with E-state index >= 15 is 0 Å². The molecule has 6 heteroatoms. The van der Waals surface area contributed by atoms with Gasteiger partial charge in [0.25, 0.3) is 0 Å². The lowest BCUT2D eigenvalue weighted by molar-refractivity contribution is 0.00111. The Labute approximate surface area is 150 Å². The summed E-state index contributed by atoms with van der Waals surface area (Å²) in [4.78, 5) is 9.85. The Hall–Kier alpha value is -1.92. The van der Waals surface area contributed by atoms with Gasteiger partial charge in [0.05, 0.1) is 12.3 Å². The molecule has 24 heavy (non-hydrogen) atoms. The predicted molar refractivity (Wildman–Crippen MR) is 97.2 cm³/mol. The maximum Gasteiger partial charge on any atom is 0.143 e. The Kier molecular flexibility index (Phi) is 5.62. The first-order valence-corrected chi connectivity index (χ1v) is 8.33. The van der Waals surface area contributed by atoms with Crippen molar-refractivity contribution in [2.75, 3.05) is 0 Å². The van der Waals surface area contributed by atoms with E-state index in [0.717, 1.165) is 15.6 Å². The highest BCUT2D eigenvalue weighted by Gasteiger charge is 2.18. The molecule has 0 atom stereocenters. The van der Waals surface area contributed by atoms with E-state index in [-0.39, 0.29) is 18.1 Å². The van der Waals surface area contributed by atoms with Crippen molar-refractivity contribution in [3.8, 4) is 5.75 Å². The summed E-state index contributed by atoms with van der Waals surface area (Å²) < 4.78 is 0.918. The molecule has 0 spiro atoms. The van der Waals surface area contributed by atoms with Gasteiger partial charge in [-0.1, -0.05) is 33.2 Å². The smallest absolute Gasteiger partial charge is 0.143 e. The molecule has 1 aromatic heterocycles. The van der Waals surface area contributed by atoms with E-state index < -0.39 is 5.60 Å². The van der Waals surface area contributed by atoms with Crippen LogP contribution in [-0.2, 0) is 11.4 Å². The first-order valence-electron chi connectivity index (χ1n) is 7.54. The first-order chi connectivity index (χ1) is 11.2. The van der Waals surface area contributed by atoms with E-state index in [0.29, 0.717) is 11.4 Å². The summed E-state index contributed by atoms with van der Waals surface area (Å²) >= 11 is 3.51. The topological polar surface area (TPSA) is 74.9 Å². The molecule has 0 radical (unpaired) electrons. The van der Waals surface area contributed by atoms with Crippen molar-refractivity contribution in [3.05, 3.63) is 57.3 Å². The van der Waals surface area contributed by atoms with E-state index in [9.17, 15) is 10.2 Å². The molecule has 128 valence electrons. The number of oxime groups is 1. The standard InChI is InChI=1S/C18H21BrN2O3/c1-11-5-6-12(9-14(11)19)16(21-24-18(2,3)4)17-15(23)8-7-13(10-22)20-17/h5-9,22-23H,10H2,1-4H3/b21-16+. The molecule has 0 bridgehead atoms. The maximum atomic E-state index is 10.2. The van der Waals surface area contributed by atoms with Gasteiger partial charge in [-0.2, -0.15) is 0 Å². The van der Waals surface area contributed by atoms with Crippen molar-refractivity contribution in [2.24, 2.45) is 5.16 Å². The number of aromatic nitrogens is 1. The molecule has 1 aromatic carbocycles. The summed E-state index contributed by atoms with van der Waals surface area (Å²) in [6.07, 6.45) is 0. The van der Waals surface area contributed by atoms with Crippen LogP contribution in [0.2, 0.25) is 0 Å². The summed E-state index contributed by atoms with van der Waals surface area (Å²) in [7, 11) is 0. The minimum atomic E-state index is -0.489. The van der Waals surface area contributed by atoms with Crippen LogP contribution in [0.25, 0.3) is 0 Å². The van der Waals surface area contributed by atoms with Crippen molar-refractivity contribution in [1.82, 2.24) is 4.98 Å². The molecule has 1 heterocycles. The number of aromatic hydroxyl groups is 1. The van der Waals surface area contributed by atoms with Gasteiger partial charge in [-0.25, -0.2) is 4.98 Å². The summed E-state index contributed by atoms with van der Waals surface area (Å²) in [6.45, 7) is 7.42. The minimum Gasteiger partial charge on any atom is -0.506 e. The lowest BCUT2D eigenvalue weighted by Gasteiger charge is -2.18. The van der Waals surface area contributed by atoms with Crippen LogP contribution in [0.4, 0.5) is 0 Å². The summed E-state index contributed by atoms with van der Waals surface area (Å²) in [5.74, 6) is -0.0276. The number of aliphatic hydroxyl groups is 1. The van der Waals surface area contributed by atoms with Crippen LogP contribution in [0.15, 0.2) is 40.0 Å². The molecule has 2 aromatic rings. The van der Waals surface area contributed by atoms with Crippen LogP contribution in [-0.4, -0.2) is 26.5 Å². The highest BCUT2D eigenvalue weighted by molar-refractivity contribution is 9.10. The third kappa shape index (κ3) is 4.55. The van der Waals surface area contributed by atoms with Gasteiger partial charge in [0, 0.05) is 10.0 Å². The van der Waals surface area contributed by atoms with Crippen molar-refractivity contribution in [1.29, 1.82) is 0 Å². The van der Waals surface area contributed by atoms with Gasteiger partial charge < -0.3 is 15.1 Å². The Balaban J connectivity index is 2.61. The second-order valence-corrected chi connectivity index (χ2v) is 7.29. The van der Waals surface area contributed by atoms with Crippen LogP contribution in [0.5, 0.6) is 5.75 Å². The number of benzene rings is 1. The quantitative estimate of drug-likeness (QED) is 0.610. The zero-order chi connectivity index (χ0) is 17.9. The van der Waals surface area contributed by atoms with Gasteiger partial charge in [-0.15, -0.1) is 0 Å². The van der Waals surface area contributed by atoms with E-state index in [1.807, 2.05) is 45.9 Å². The third-order valence-corrected chi connectivity index (χ3v) is 4.03. The monoisotopic (exact) mass is 392 g/mol. The zero-order valence-electron chi connectivity index (χ0n) is 14.2. The molecule has 0 fully saturated rings. The van der Waals surface area contributed by atoms with Crippen LogP contribution in [0, 0.1) is 6.92 Å². The highest BCUT2D eigenvalue weighted by atomic mass is 79.9. The van der Waals surface area contributed by atoms with E-state index in [1.54, 1.807) is 6.07 Å². The number of hydrogen-bond donors (Lipinski definition) is 2. The van der Waals surface area contributed by atoms with Gasteiger partial charge in [0.15, 0.2) is 0 Å². The Morgan fingerprint density at radius 1 is 1.25 bits per heavy atom. The first kappa shape index (κ1) is 18.4. The number of rotatable bonds is 4. The Morgan fingerprint density at radius 3 is 2.54 bits per heavy atom. The maximum absolute atomic E-state index is 10.2. The molecule has 0 saturated carbocycles. The molecule has 0 aliphatic carbocycles. The molecule has 0 unspecified atom stereocenters. The lowest BCUT2D eigenvalue weighted by Crippen LogP contribution is -2.18. The van der Waals surface area contributed by atoms with Gasteiger partial charge in [-0.05, 0) is 51.5 Å². The minimum absolute atomic E-state index is 0.0276. The Morgan fingerprint density at radius 2 is 1.96 bits per heavy atom. The average Bonchev–Trinajstić information content (AvgIpc) is 2.51. The number of pyridine rings is 1. The van der Waals surface area contributed by atoms with Crippen LogP contribution < -0.4 is 0 Å². The average molecular weight is 393 g/mol. The molecular weight excluding hydrogens is 372 g/mol.